The van der Waals surface area contributed by atoms with E-state index in [2.05, 4.69) is 5.10 Å². The van der Waals surface area contributed by atoms with Crippen molar-refractivity contribution in [2.45, 2.75) is 45.1 Å². The Morgan fingerprint density at radius 1 is 1.45 bits per heavy atom. The Kier molecular flexibility index (Phi) is 4.65. The average molecular weight is 280 g/mol. The standard InChI is InChI=1S/C14H24N4O2/c1-3-11-12(15)13(17(2)16-11)14(20)18-8-6-4-5-7-10(18)9-19/h10,19H,3-9,15H2,1-2H3. The topological polar surface area (TPSA) is 84.4 Å². The number of likely N-dealkylation sites (tertiary alicyclic amines) is 1. The third kappa shape index (κ3) is 2.65. The van der Waals surface area contributed by atoms with E-state index >= 15 is 0 Å². The molecule has 1 saturated heterocycles. The molecular weight excluding hydrogens is 256 g/mol. The Morgan fingerprint density at radius 2 is 2.20 bits per heavy atom. The van der Waals surface area contributed by atoms with Crippen molar-refractivity contribution in [2.24, 2.45) is 7.05 Å². The summed E-state index contributed by atoms with van der Waals surface area (Å²) >= 11 is 0. The molecule has 0 aliphatic carbocycles. The van der Waals surface area contributed by atoms with Crippen LogP contribution in [-0.2, 0) is 13.5 Å². The van der Waals surface area contributed by atoms with Crippen LogP contribution in [-0.4, -0.2) is 44.9 Å². The Labute approximate surface area is 119 Å². The van der Waals surface area contributed by atoms with Crippen molar-refractivity contribution in [3.63, 3.8) is 0 Å². The van der Waals surface area contributed by atoms with Gasteiger partial charge in [-0.15, -0.1) is 0 Å². The van der Waals surface area contributed by atoms with Gasteiger partial charge in [0, 0.05) is 13.6 Å². The lowest BCUT2D eigenvalue weighted by Crippen LogP contribution is -2.43. The van der Waals surface area contributed by atoms with E-state index in [0.717, 1.165) is 31.4 Å². The number of aliphatic hydroxyl groups is 1. The Morgan fingerprint density at radius 3 is 2.80 bits per heavy atom. The predicted molar refractivity (Wildman–Crippen MR) is 77.4 cm³/mol. The molecule has 0 radical (unpaired) electrons. The highest BCUT2D eigenvalue weighted by Gasteiger charge is 2.29. The first-order valence-corrected chi connectivity index (χ1v) is 7.33. The molecule has 1 atom stereocenters. The second-order valence-electron chi connectivity index (χ2n) is 5.37. The number of anilines is 1. The number of carbonyl (C=O) groups is 1. The molecule has 0 saturated carbocycles. The van der Waals surface area contributed by atoms with Gasteiger partial charge in [0.25, 0.3) is 5.91 Å². The maximum absolute atomic E-state index is 12.8. The molecule has 1 aliphatic heterocycles. The SMILES string of the molecule is CCc1nn(C)c(C(=O)N2CCCCCC2CO)c1N. The van der Waals surface area contributed by atoms with Crippen LogP contribution < -0.4 is 5.73 Å². The highest BCUT2D eigenvalue weighted by Crippen LogP contribution is 2.23. The summed E-state index contributed by atoms with van der Waals surface area (Å²) in [7, 11) is 1.74. The number of hydrogen-bond donors (Lipinski definition) is 2. The largest absolute Gasteiger partial charge is 0.395 e. The molecule has 1 fully saturated rings. The summed E-state index contributed by atoms with van der Waals surface area (Å²) in [6.45, 7) is 2.65. The molecule has 3 N–H and O–H groups in total. The number of carbonyl (C=O) groups excluding carboxylic acids is 1. The van der Waals surface area contributed by atoms with Crippen molar-refractivity contribution >= 4 is 11.6 Å². The van der Waals surface area contributed by atoms with Crippen LogP contribution in [0.25, 0.3) is 0 Å². The highest BCUT2D eigenvalue weighted by atomic mass is 16.3. The van der Waals surface area contributed by atoms with Crippen molar-refractivity contribution in [2.75, 3.05) is 18.9 Å². The molecule has 1 unspecified atom stereocenters. The molecule has 0 aromatic carbocycles. The van der Waals surface area contributed by atoms with Crippen LogP contribution in [0.1, 0.15) is 48.8 Å². The van der Waals surface area contributed by atoms with E-state index in [0.29, 0.717) is 24.3 Å². The number of aryl methyl sites for hydroxylation is 2. The molecule has 20 heavy (non-hydrogen) atoms. The number of rotatable bonds is 3. The minimum atomic E-state index is -0.113. The number of nitrogens with two attached hydrogens (primary N) is 1. The maximum atomic E-state index is 12.8. The molecule has 6 nitrogen and oxygen atoms in total. The second-order valence-corrected chi connectivity index (χ2v) is 5.37. The van der Waals surface area contributed by atoms with Gasteiger partial charge >= 0.3 is 0 Å². The number of aromatic nitrogens is 2. The molecule has 0 bridgehead atoms. The fourth-order valence-corrected chi connectivity index (χ4v) is 2.88. The van der Waals surface area contributed by atoms with Gasteiger partial charge in [0.1, 0.15) is 5.69 Å². The summed E-state index contributed by atoms with van der Waals surface area (Å²) in [6.07, 6.45) is 4.68. The van der Waals surface area contributed by atoms with Gasteiger partial charge in [-0.1, -0.05) is 19.8 Å². The van der Waals surface area contributed by atoms with Crippen molar-refractivity contribution in [1.82, 2.24) is 14.7 Å². The average Bonchev–Trinajstić information content (AvgIpc) is 2.63. The van der Waals surface area contributed by atoms with Crippen molar-refractivity contribution in [3.8, 4) is 0 Å². The number of amides is 1. The van der Waals surface area contributed by atoms with Crippen molar-refractivity contribution < 1.29 is 9.90 Å². The molecule has 2 rings (SSSR count). The first kappa shape index (κ1) is 14.8. The van der Waals surface area contributed by atoms with Crippen LogP contribution in [0.4, 0.5) is 5.69 Å². The number of hydrogen-bond acceptors (Lipinski definition) is 4. The third-order valence-electron chi connectivity index (χ3n) is 4.05. The molecule has 2 heterocycles. The molecule has 1 aliphatic rings. The molecule has 1 aromatic rings. The summed E-state index contributed by atoms with van der Waals surface area (Å²) in [4.78, 5) is 14.5. The zero-order valence-corrected chi connectivity index (χ0v) is 12.3. The van der Waals surface area contributed by atoms with Crippen molar-refractivity contribution in [3.05, 3.63) is 11.4 Å². The fraction of sp³-hybridized carbons (Fsp3) is 0.714. The van der Waals surface area contributed by atoms with Gasteiger partial charge in [-0.3, -0.25) is 9.48 Å². The van der Waals surface area contributed by atoms with E-state index in [1.165, 1.54) is 0 Å². The van der Waals surface area contributed by atoms with Crippen LogP contribution >= 0.6 is 0 Å². The van der Waals surface area contributed by atoms with Gasteiger partial charge in [-0.25, -0.2) is 0 Å². The van der Waals surface area contributed by atoms with Crippen LogP contribution in [0.3, 0.4) is 0 Å². The van der Waals surface area contributed by atoms with Crippen LogP contribution in [0, 0.1) is 0 Å². The molecule has 112 valence electrons. The van der Waals surface area contributed by atoms with E-state index in [1.54, 1.807) is 16.6 Å². The predicted octanol–water partition coefficient (Wildman–Crippen LogP) is 0.942. The lowest BCUT2D eigenvalue weighted by Gasteiger charge is -2.28. The summed E-state index contributed by atoms with van der Waals surface area (Å²) < 4.78 is 1.57. The molecule has 1 aromatic heterocycles. The highest BCUT2D eigenvalue weighted by molar-refractivity contribution is 5.98. The van der Waals surface area contributed by atoms with Gasteiger partial charge in [0.2, 0.25) is 0 Å². The van der Waals surface area contributed by atoms with Gasteiger partial charge < -0.3 is 15.7 Å². The maximum Gasteiger partial charge on any atom is 0.274 e. The first-order valence-electron chi connectivity index (χ1n) is 7.33. The Balaban J connectivity index is 2.31. The monoisotopic (exact) mass is 280 g/mol. The molecule has 0 spiro atoms. The van der Waals surface area contributed by atoms with E-state index in [1.807, 2.05) is 6.92 Å². The zero-order valence-electron chi connectivity index (χ0n) is 12.3. The van der Waals surface area contributed by atoms with Gasteiger partial charge in [0.15, 0.2) is 0 Å². The van der Waals surface area contributed by atoms with Crippen LogP contribution in [0.5, 0.6) is 0 Å². The quantitative estimate of drug-likeness (QED) is 0.863. The second kappa shape index (κ2) is 6.26. The minimum Gasteiger partial charge on any atom is -0.395 e. The van der Waals surface area contributed by atoms with E-state index < -0.39 is 0 Å². The zero-order chi connectivity index (χ0) is 14.7. The normalized spacial score (nSPS) is 19.9. The Bertz CT molecular complexity index is 484. The smallest absolute Gasteiger partial charge is 0.274 e. The first-order chi connectivity index (χ1) is 9.60. The Hall–Kier alpha value is -1.56. The van der Waals surface area contributed by atoms with E-state index in [4.69, 9.17) is 5.73 Å². The lowest BCUT2D eigenvalue weighted by atomic mass is 10.1. The minimum absolute atomic E-state index is 0.00410. The van der Waals surface area contributed by atoms with Crippen LogP contribution in [0.15, 0.2) is 0 Å². The number of nitrogens with zero attached hydrogens (tertiary/aromatic N) is 3. The van der Waals surface area contributed by atoms with Crippen molar-refractivity contribution in [1.29, 1.82) is 0 Å². The molecular formula is C14H24N4O2. The fourth-order valence-electron chi connectivity index (χ4n) is 2.88. The summed E-state index contributed by atoms with van der Waals surface area (Å²) in [6, 6.07) is -0.107. The van der Waals surface area contributed by atoms with Crippen LogP contribution in [0.2, 0.25) is 0 Å². The van der Waals surface area contributed by atoms with E-state index in [9.17, 15) is 9.90 Å². The number of aliphatic hydroxyl groups excluding tert-OH is 1. The third-order valence-corrected chi connectivity index (χ3v) is 4.05. The molecule has 1 amide bonds. The van der Waals surface area contributed by atoms with Gasteiger partial charge in [-0.05, 0) is 19.3 Å². The van der Waals surface area contributed by atoms with Gasteiger partial charge in [-0.2, -0.15) is 5.10 Å². The summed E-state index contributed by atoms with van der Waals surface area (Å²) in [5.41, 5.74) is 7.73. The summed E-state index contributed by atoms with van der Waals surface area (Å²) in [5.74, 6) is -0.113. The summed E-state index contributed by atoms with van der Waals surface area (Å²) in [5, 5.41) is 13.8. The molecule has 6 heteroatoms. The number of nitrogen functional groups attached to an aromatic ring is 1. The lowest BCUT2D eigenvalue weighted by molar-refractivity contribution is 0.0590. The van der Waals surface area contributed by atoms with Gasteiger partial charge in [0.05, 0.1) is 24.0 Å². The van der Waals surface area contributed by atoms with E-state index in [-0.39, 0.29) is 18.6 Å².